The van der Waals surface area contributed by atoms with Crippen molar-refractivity contribution in [2.75, 3.05) is 13.2 Å². The zero-order chi connectivity index (χ0) is 16.5. The smallest absolute Gasteiger partial charge is 0.305 e. The Bertz CT molecular complexity index is 621. The SMILES string of the molecule is CC(=O)NCCCCCC(=O)OCCc1nc2ccccc2s1. The van der Waals surface area contributed by atoms with E-state index in [2.05, 4.69) is 10.3 Å². The number of ether oxygens (including phenoxy) is 1. The summed E-state index contributed by atoms with van der Waals surface area (Å²) < 4.78 is 6.40. The highest BCUT2D eigenvalue weighted by Gasteiger charge is 2.06. The molecule has 1 amide bonds. The highest BCUT2D eigenvalue weighted by Crippen LogP contribution is 2.21. The zero-order valence-electron chi connectivity index (χ0n) is 13.3. The van der Waals surface area contributed by atoms with Crippen LogP contribution in [0.2, 0.25) is 0 Å². The Kier molecular flexibility index (Phi) is 7.00. The Labute approximate surface area is 140 Å². The van der Waals surface area contributed by atoms with E-state index in [0.29, 0.717) is 26.0 Å². The molecule has 0 radical (unpaired) electrons. The molecule has 124 valence electrons. The number of para-hydroxylation sites is 1. The van der Waals surface area contributed by atoms with Crippen molar-refractivity contribution >= 4 is 33.4 Å². The number of hydrogen-bond acceptors (Lipinski definition) is 5. The van der Waals surface area contributed by atoms with Gasteiger partial charge in [-0.15, -0.1) is 11.3 Å². The summed E-state index contributed by atoms with van der Waals surface area (Å²) in [6.45, 7) is 2.55. The molecule has 1 aromatic heterocycles. The Hall–Kier alpha value is -1.95. The average Bonchev–Trinajstić information content (AvgIpc) is 2.93. The Balaban J connectivity index is 1.57. The van der Waals surface area contributed by atoms with Gasteiger partial charge in [-0.3, -0.25) is 9.59 Å². The lowest BCUT2D eigenvalue weighted by atomic mass is 10.2. The van der Waals surface area contributed by atoms with Gasteiger partial charge < -0.3 is 10.1 Å². The fourth-order valence-electron chi connectivity index (χ4n) is 2.19. The molecule has 1 heterocycles. The maximum Gasteiger partial charge on any atom is 0.305 e. The molecule has 0 saturated heterocycles. The van der Waals surface area contributed by atoms with Crippen LogP contribution in [0.25, 0.3) is 10.2 Å². The van der Waals surface area contributed by atoms with Crippen LogP contribution in [0.15, 0.2) is 24.3 Å². The number of carbonyl (C=O) groups excluding carboxylic acids is 2. The van der Waals surface area contributed by atoms with Crippen molar-refractivity contribution < 1.29 is 14.3 Å². The first-order valence-corrected chi connectivity index (χ1v) is 8.71. The van der Waals surface area contributed by atoms with Crippen LogP contribution in [0.1, 0.15) is 37.6 Å². The molecule has 2 aromatic rings. The highest BCUT2D eigenvalue weighted by molar-refractivity contribution is 7.18. The van der Waals surface area contributed by atoms with Gasteiger partial charge in [-0.25, -0.2) is 4.98 Å². The number of esters is 1. The van der Waals surface area contributed by atoms with Gasteiger partial charge in [0.25, 0.3) is 0 Å². The number of benzene rings is 1. The molecule has 5 nitrogen and oxygen atoms in total. The third kappa shape index (κ3) is 6.36. The van der Waals surface area contributed by atoms with Crippen LogP contribution >= 0.6 is 11.3 Å². The minimum Gasteiger partial charge on any atom is -0.465 e. The van der Waals surface area contributed by atoms with Crippen LogP contribution in [0, 0.1) is 0 Å². The third-order valence-corrected chi connectivity index (χ3v) is 4.44. The second-order valence-electron chi connectivity index (χ2n) is 5.34. The first-order valence-electron chi connectivity index (χ1n) is 7.89. The fraction of sp³-hybridized carbons (Fsp3) is 0.471. The molecule has 0 aliphatic carbocycles. The number of aromatic nitrogens is 1. The Morgan fingerprint density at radius 1 is 1.22 bits per heavy atom. The van der Waals surface area contributed by atoms with Gasteiger partial charge in [-0.05, 0) is 25.0 Å². The first kappa shape index (κ1) is 17.4. The fourth-order valence-corrected chi connectivity index (χ4v) is 3.13. The monoisotopic (exact) mass is 334 g/mol. The maximum absolute atomic E-state index is 11.6. The van der Waals surface area contributed by atoms with E-state index in [9.17, 15) is 9.59 Å². The summed E-state index contributed by atoms with van der Waals surface area (Å²) in [5.41, 5.74) is 0.998. The quantitative estimate of drug-likeness (QED) is 0.565. The van der Waals surface area contributed by atoms with Crippen LogP contribution in [-0.2, 0) is 20.7 Å². The van der Waals surface area contributed by atoms with E-state index in [4.69, 9.17) is 4.74 Å². The molecule has 0 unspecified atom stereocenters. The molecule has 0 spiro atoms. The van der Waals surface area contributed by atoms with Crippen molar-refractivity contribution in [3.05, 3.63) is 29.3 Å². The predicted molar refractivity (Wildman–Crippen MR) is 91.4 cm³/mol. The summed E-state index contributed by atoms with van der Waals surface area (Å²) in [7, 11) is 0. The number of rotatable bonds is 9. The van der Waals surface area contributed by atoms with Gasteiger partial charge in [0, 0.05) is 26.3 Å². The van der Waals surface area contributed by atoms with Gasteiger partial charge in [-0.2, -0.15) is 0 Å². The van der Waals surface area contributed by atoms with Crippen molar-refractivity contribution in [2.24, 2.45) is 0 Å². The molecular formula is C17H22N2O3S. The lowest BCUT2D eigenvalue weighted by Gasteiger charge is -2.04. The number of amides is 1. The second kappa shape index (κ2) is 9.25. The number of thiazole rings is 1. The van der Waals surface area contributed by atoms with Crippen molar-refractivity contribution in [1.82, 2.24) is 10.3 Å². The van der Waals surface area contributed by atoms with Crippen LogP contribution in [0.4, 0.5) is 0 Å². The second-order valence-corrected chi connectivity index (χ2v) is 6.45. The van der Waals surface area contributed by atoms with Crippen molar-refractivity contribution in [1.29, 1.82) is 0 Å². The molecule has 1 N–H and O–H groups in total. The number of nitrogens with zero attached hydrogens (tertiary/aromatic N) is 1. The number of carbonyl (C=O) groups is 2. The van der Waals surface area contributed by atoms with E-state index >= 15 is 0 Å². The number of unbranched alkanes of at least 4 members (excludes halogenated alkanes) is 2. The topological polar surface area (TPSA) is 68.3 Å². The molecule has 2 rings (SSSR count). The van der Waals surface area contributed by atoms with Crippen molar-refractivity contribution in [3.8, 4) is 0 Å². The minimum absolute atomic E-state index is 0.0146. The van der Waals surface area contributed by atoms with Gasteiger partial charge in [-0.1, -0.05) is 18.6 Å². The third-order valence-electron chi connectivity index (χ3n) is 3.35. The van der Waals surface area contributed by atoms with E-state index in [1.807, 2.05) is 24.3 Å². The van der Waals surface area contributed by atoms with E-state index in [1.54, 1.807) is 11.3 Å². The first-order chi connectivity index (χ1) is 11.1. The molecule has 0 aliphatic heterocycles. The molecule has 0 saturated carbocycles. The van der Waals surface area contributed by atoms with Crippen LogP contribution in [-0.4, -0.2) is 30.0 Å². The van der Waals surface area contributed by atoms with Gasteiger partial charge in [0.15, 0.2) is 0 Å². The largest absolute Gasteiger partial charge is 0.465 e. The van der Waals surface area contributed by atoms with Gasteiger partial charge in [0.05, 0.1) is 21.8 Å². The van der Waals surface area contributed by atoms with Gasteiger partial charge >= 0.3 is 5.97 Å². The predicted octanol–water partition coefficient (Wildman–Crippen LogP) is 3.08. The van der Waals surface area contributed by atoms with Crippen molar-refractivity contribution in [2.45, 2.75) is 39.0 Å². The number of hydrogen-bond donors (Lipinski definition) is 1. The molecule has 1 aromatic carbocycles. The van der Waals surface area contributed by atoms with E-state index < -0.39 is 0 Å². The summed E-state index contributed by atoms with van der Waals surface area (Å²) in [4.78, 5) is 26.8. The molecule has 0 atom stereocenters. The summed E-state index contributed by atoms with van der Waals surface area (Å²) in [6, 6.07) is 8.00. The van der Waals surface area contributed by atoms with E-state index in [-0.39, 0.29) is 11.9 Å². The minimum atomic E-state index is -0.161. The molecule has 0 bridgehead atoms. The normalized spacial score (nSPS) is 10.7. The molecule has 6 heteroatoms. The number of fused-ring (bicyclic) bond motifs is 1. The number of nitrogens with one attached hydrogen (secondary N) is 1. The van der Waals surface area contributed by atoms with Crippen LogP contribution in [0.5, 0.6) is 0 Å². The Morgan fingerprint density at radius 2 is 2.04 bits per heavy atom. The average molecular weight is 334 g/mol. The van der Waals surface area contributed by atoms with Gasteiger partial charge in [0.1, 0.15) is 0 Å². The summed E-state index contributed by atoms with van der Waals surface area (Å²) in [6.07, 6.45) is 3.68. The van der Waals surface area contributed by atoms with Crippen molar-refractivity contribution in [3.63, 3.8) is 0 Å². The lowest BCUT2D eigenvalue weighted by Crippen LogP contribution is -2.20. The molecule has 0 fully saturated rings. The van der Waals surface area contributed by atoms with Crippen LogP contribution < -0.4 is 5.32 Å². The highest BCUT2D eigenvalue weighted by atomic mass is 32.1. The maximum atomic E-state index is 11.6. The zero-order valence-corrected chi connectivity index (χ0v) is 14.2. The molecule has 23 heavy (non-hydrogen) atoms. The molecule has 0 aliphatic rings. The summed E-state index contributed by atoms with van der Waals surface area (Å²) >= 11 is 1.64. The summed E-state index contributed by atoms with van der Waals surface area (Å²) in [5, 5.41) is 3.73. The van der Waals surface area contributed by atoms with E-state index in [0.717, 1.165) is 34.5 Å². The summed E-state index contributed by atoms with van der Waals surface area (Å²) in [5.74, 6) is -0.176. The van der Waals surface area contributed by atoms with Gasteiger partial charge in [0.2, 0.25) is 5.91 Å². The lowest BCUT2D eigenvalue weighted by molar-refractivity contribution is -0.143. The standard InChI is InChI=1S/C17H22N2O3S/c1-13(20)18-11-6-2-3-9-17(21)22-12-10-16-19-14-7-4-5-8-15(14)23-16/h4-5,7-8H,2-3,6,9-12H2,1H3,(H,18,20). The van der Waals surface area contributed by atoms with E-state index in [1.165, 1.54) is 6.92 Å². The molecular weight excluding hydrogens is 312 g/mol. The Morgan fingerprint density at radius 3 is 2.83 bits per heavy atom. The van der Waals surface area contributed by atoms with Crippen LogP contribution in [0.3, 0.4) is 0 Å².